The smallest absolute Gasteiger partial charge is 0.393 e. The zero-order valence-electron chi connectivity index (χ0n) is 22.6. The van der Waals surface area contributed by atoms with E-state index in [0.717, 1.165) is 18.4 Å². The van der Waals surface area contributed by atoms with Crippen molar-refractivity contribution in [3.8, 4) is 0 Å². The lowest BCUT2D eigenvalue weighted by Gasteiger charge is -2.46. The minimum atomic E-state index is -5.77. The van der Waals surface area contributed by atoms with Crippen molar-refractivity contribution >= 4 is 0 Å². The maximum atomic E-state index is 12.9. The average Bonchev–Trinajstić information content (AvgIpc) is 2.95. The third kappa shape index (κ3) is 7.13. The Morgan fingerprint density at radius 2 is 1.51 bits per heavy atom. The van der Waals surface area contributed by atoms with Crippen molar-refractivity contribution in [2.45, 2.75) is 123 Å². The number of rotatable bonds is 9. The number of aliphatic hydroxyl groups excluding tert-OH is 2. The predicted octanol–water partition coefficient (Wildman–Crippen LogP) is 7.51. The highest BCUT2D eigenvalue weighted by atomic mass is 19.4. The number of hydrogen-bond acceptors (Lipinski definition) is 3. The predicted molar refractivity (Wildman–Crippen MR) is 132 cm³/mol. The van der Waals surface area contributed by atoms with E-state index in [0.29, 0.717) is 31.6 Å². The molecule has 9 heteroatoms. The molecular formula is C28H44F6O3. The maximum absolute atomic E-state index is 12.9. The first kappa shape index (κ1) is 32.2. The van der Waals surface area contributed by atoms with E-state index < -0.39 is 36.6 Å². The first-order valence-corrected chi connectivity index (χ1v) is 13.3. The van der Waals surface area contributed by atoms with Crippen LogP contribution in [0, 0.1) is 28.6 Å². The number of alkyl halides is 6. The Morgan fingerprint density at radius 3 is 2.03 bits per heavy atom. The van der Waals surface area contributed by atoms with Crippen molar-refractivity contribution in [1.29, 1.82) is 0 Å². The van der Waals surface area contributed by atoms with Crippen molar-refractivity contribution in [3.05, 3.63) is 23.8 Å². The van der Waals surface area contributed by atoms with E-state index >= 15 is 0 Å². The van der Waals surface area contributed by atoms with Gasteiger partial charge in [-0.3, -0.25) is 0 Å². The molecule has 0 saturated heterocycles. The van der Waals surface area contributed by atoms with Crippen LogP contribution >= 0.6 is 0 Å². The van der Waals surface area contributed by atoms with Crippen molar-refractivity contribution in [3.63, 3.8) is 0 Å². The molecule has 2 saturated carbocycles. The SMILES string of the molecule is CC(CCCC(O)(C(F)(F)F)C(F)(F)F)C[C@H](C)[C@@]1(C)CC[C@@H](/C=C/C=C2C[C@@H](O)C[C@H](O)C2)C1(C)C. The van der Waals surface area contributed by atoms with E-state index in [1.807, 2.05) is 19.1 Å². The van der Waals surface area contributed by atoms with Gasteiger partial charge in [-0.2, -0.15) is 26.3 Å². The van der Waals surface area contributed by atoms with Gasteiger partial charge in [0.2, 0.25) is 0 Å². The van der Waals surface area contributed by atoms with Gasteiger partial charge in [0.05, 0.1) is 12.2 Å². The van der Waals surface area contributed by atoms with Gasteiger partial charge in [0.1, 0.15) is 0 Å². The van der Waals surface area contributed by atoms with Crippen LogP contribution in [0.25, 0.3) is 0 Å². The zero-order valence-corrected chi connectivity index (χ0v) is 22.6. The molecule has 3 N–H and O–H groups in total. The maximum Gasteiger partial charge on any atom is 0.426 e. The van der Waals surface area contributed by atoms with Crippen LogP contribution in [-0.4, -0.2) is 45.5 Å². The highest BCUT2D eigenvalue weighted by Gasteiger charge is 2.69. The lowest BCUT2D eigenvalue weighted by Crippen LogP contribution is -2.56. The molecule has 216 valence electrons. The summed E-state index contributed by atoms with van der Waals surface area (Å²) in [5.41, 5.74) is -3.81. The summed E-state index contributed by atoms with van der Waals surface area (Å²) in [4.78, 5) is 0. The third-order valence-corrected chi connectivity index (χ3v) is 9.61. The van der Waals surface area contributed by atoms with Crippen LogP contribution in [0.2, 0.25) is 0 Å². The van der Waals surface area contributed by atoms with Gasteiger partial charge >= 0.3 is 12.4 Å². The second-order valence-electron chi connectivity index (χ2n) is 12.4. The van der Waals surface area contributed by atoms with Crippen LogP contribution in [0.5, 0.6) is 0 Å². The summed E-state index contributed by atoms with van der Waals surface area (Å²) in [5.74, 6) is 0.401. The van der Waals surface area contributed by atoms with Crippen LogP contribution in [-0.2, 0) is 0 Å². The lowest BCUT2D eigenvalue weighted by molar-refractivity contribution is -0.370. The van der Waals surface area contributed by atoms with Crippen LogP contribution < -0.4 is 0 Å². The molecule has 0 bridgehead atoms. The molecule has 2 aliphatic carbocycles. The molecule has 1 unspecified atom stereocenters. The Labute approximate surface area is 217 Å². The molecule has 2 fully saturated rings. The number of hydrogen-bond donors (Lipinski definition) is 3. The van der Waals surface area contributed by atoms with E-state index in [4.69, 9.17) is 0 Å². The van der Waals surface area contributed by atoms with Crippen molar-refractivity contribution in [2.75, 3.05) is 0 Å². The summed E-state index contributed by atoms with van der Waals surface area (Å²) < 4.78 is 77.6. The molecule has 2 rings (SSSR count). The fraction of sp³-hybridized carbons (Fsp3) is 0.857. The summed E-state index contributed by atoms with van der Waals surface area (Å²) in [6, 6.07) is 0. The quantitative estimate of drug-likeness (QED) is 0.264. The van der Waals surface area contributed by atoms with E-state index in [2.05, 4.69) is 33.8 Å². The van der Waals surface area contributed by atoms with Crippen molar-refractivity contribution < 1.29 is 41.7 Å². The largest absolute Gasteiger partial charge is 0.426 e. The third-order valence-electron chi connectivity index (χ3n) is 9.61. The van der Waals surface area contributed by atoms with Crippen LogP contribution in [0.4, 0.5) is 26.3 Å². The van der Waals surface area contributed by atoms with Crippen LogP contribution in [0.3, 0.4) is 0 Å². The first-order valence-electron chi connectivity index (χ1n) is 13.3. The summed E-state index contributed by atoms with van der Waals surface area (Å²) in [5, 5.41) is 29.1. The van der Waals surface area contributed by atoms with Gasteiger partial charge in [0, 0.05) is 0 Å². The van der Waals surface area contributed by atoms with Gasteiger partial charge in [0.15, 0.2) is 0 Å². The summed E-state index contributed by atoms with van der Waals surface area (Å²) in [6.07, 6.45) is -3.88. The van der Waals surface area contributed by atoms with E-state index in [-0.39, 0.29) is 35.5 Å². The molecule has 0 spiro atoms. The molecule has 0 aliphatic heterocycles. The Morgan fingerprint density at radius 1 is 0.973 bits per heavy atom. The monoisotopic (exact) mass is 542 g/mol. The summed E-state index contributed by atoms with van der Waals surface area (Å²) in [6.45, 7) is 10.6. The Balaban J connectivity index is 1.97. The first-order chi connectivity index (χ1) is 16.7. The van der Waals surface area contributed by atoms with Gasteiger partial charge in [0.25, 0.3) is 5.60 Å². The number of aliphatic hydroxyl groups is 3. The summed E-state index contributed by atoms with van der Waals surface area (Å²) >= 11 is 0. The summed E-state index contributed by atoms with van der Waals surface area (Å²) in [7, 11) is 0. The van der Waals surface area contributed by atoms with Gasteiger partial charge in [-0.25, -0.2) is 0 Å². The Hall–Kier alpha value is -1.06. The second-order valence-corrected chi connectivity index (χ2v) is 12.4. The van der Waals surface area contributed by atoms with Gasteiger partial charge in [-0.15, -0.1) is 0 Å². The molecule has 0 heterocycles. The Bertz CT molecular complexity index is 790. The molecule has 0 aromatic carbocycles. The molecule has 0 aromatic heterocycles. The number of allylic oxidation sites excluding steroid dienone is 3. The highest BCUT2D eigenvalue weighted by Crippen LogP contribution is 2.61. The van der Waals surface area contributed by atoms with E-state index in [1.54, 1.807) is 0 Å². The Kier molecular flexibility index (Phi) is 10.1. The second kappa shape index (κ2) is 11.6. The van der Waals surface area contributed by atoms with Crippen LogP contribution in [0.15, 0.2) is 23.8 Å². The van der Waals surface area contributed by atoms with Crippen molar-refractivity contribution in [2.24, 2.45) is 28.6 Å². The molecule has 37 heavy (non-hydrogen) atoms. The molecule has 3 nitrogen and oxygen atoms in total. The van der Waals surface area contributed by atoms with Gasteiger partial charge in [-0.1, -0.05) is 64.8 Å². The molecule has 6 atom stereocenters. The molecule has 0 amide bonds. The average molecular weight is 543 g/mol. The molecule has 0 radical (unpaired) electrons. The molecule has 2 aliphatic rings. The van der Waals surface area contributed by atoms with Gasteiger partial charge in [-0.05, 0) is 80.0 Å². The number of halogens is 6. The minimum absolute atomic E-state index is 0.0701. The molecular weight excluding hydrogens is 498 g/mol. The van der Waals surface area contributed by atoms with E-state index in [1.165, 1.54) is 0 Å². The van der Waals surface area contributed by atoms with Gasteiger partial charge < -0.3 is 15.3 Å². The van der Waals surface area contributed by atoms with Crippen LogP contribution in [0.1, 0.15) is 92.4 Å². The van der Waals surface area contributed by atoms with E-state index in [9.17, 15) is 41.7 Å². The normalized spacial score (nSPS) is 31.1. The fourth-order valence-electron chi connectivity index (χ4n) is 6.54. The standard InChI is InChI=1S/C28H44F6O3/c1-18(8-7-12-26(37,27(29,30)31)28(32,33)34)14-19(2)25(5)13-11-21(24(25,3)4)10-6-9-20-15-22(35)17-23(36)16-20/h6,9-10,18-19,21-23,35-37H,7-8,11-17H2,1-5H3/b10-6+/t18?,19-,21+,22+,23+,25+/m0/s1. The lowest BCUT2D eigenvalue weighted by atomic mass is 9.58. The molecule has 0 aromatic rings. The highest BCUT2D eigenvalue weighted by molar-refractivity contribution is 5.19. The van der Waals surface area contributed by atoms with Crippen molar-refractivity contribution in [1.82, 2.24) is 0 Å². The zero-order chi connectivity index (χ0) is 28.4. The fourth-order valence-corrected chi connectivity index (χ4v) is 6.54. The minimum Gasteiger partial charge on any atom is -0.393 e. The topological polar surface area (TPSA) is 60.7 Å².